The summed E-state index contributed by atoms with van der Waals surface area (Å²) in [7, 11) is 0. The molecule has 0 bridgehead atoms. The van der Waals surface area contributed by atoms with Crippen molar-refractivity contribution < 1.29 is 19.0 Å². The van der Waals surface area contributed by atoms with E-state index < -0.39 is 0 Å². The third kappa shape index (κ3) is 6.36. The number of nitrogens with one attached hydrogen (secondary N) is 1. The van der Waals surface area contributed by atoms with E-state index in [0.717, 1.165) is 36.3 Å². The van der Waals surface area contributed by atoms with Crippen LogP contribution in [0.3, 0.4) is 0 Å². The Balaban J connectivity index is 1.47. The lowest BCUT2D eigenvalue weighted by Crippen LogP contribution is -2.22. The number of hydrogen-bond acceptors (Lipinski definition) is 4. The SMILES string of the molecule is CC(C)OCc1cccc(CNC(=O)c2ccc(OCC3CCCO3)cc2)c1. The second-order valence-corrected chi connectivity index (χ2v) is 7.33. The van der Waals surface area contributed by atoms with Crippen molar-refractivity contribution in [1.82, 2.24) is 5.32 Å². The molecule has 5 heteroatoms. The van der Waals surface area contributed by atoms with Crippen LogP contribution >= 0.6 is 0 Å². The summed E-state index contributed by atoms with van der Waals surface area (Å²) < 4.78 is 16.9. The topological polar surface area (TPSA) is 56.8 Å². The maximum Gasteiger partial charge on any atom is 0.251 e. The van der Waals surface area contributed by atoms with E-state index in [2.05, 4.69) is 11.4 Å². The first-order valence-electron chi connectivity index (χ1n) is 9.92. The van der Waals surface area contributed by atoms with Crippen molar-refractivity contribution in [3.63, 3.8) is 0 Å². The average molecular weight is 383 g/mol. The van der Waals surface area contributed by atoms with Crippen LogP contribution in [-0.4, -0.2) is 31.3 Å². The highest BCUT2D eigenvalue weighted by Gasteiger charge is 2.16. The number of hydrogen-bond donors (Lipinski definition) is 1. The van der Waals surface area contributed by atoms with E-state index in [0.29, 0.717) is 25.3 Å². The third-order valence-electron chi connectivity index (χ3n) is 4.60. The first-order chi connectivity index (χ1) is 13.6. The standard InChI is InChI=1S/C23H29NO4/c1-17(2)27-15-19-6-3-5-18(13-19)14-24-23(25)20-8-10-21(11-9-20)28-16-22-7-4-12-26-22/h3,5-6,8-11,13,17,22H,4,7,12,14-16H2,1-2H3,(H,24,25). The highest BCUT2D eigenvalue weighted by Crippen LogP contribution is 2.17. The second kappa shape index (κ2) is 10.2. The maximum atomic E-state index is 12.4. The molecule has 0 aromatic heterocycles. The molecule has 0 spiro atoms. The van der Waals surface area contributed by atoms with Gasteiger partial charge in [0.05, 0.1) is 18.8 Å². The Morgan fingerprint density at radius 3 is 2.68 bits per heavy atom. The van der Waals surface area contributed by atoms with Gasteiger partial charge in [0, 0.05) is 18.7 Å². The Morgan fingerprint density at radius 2 is 1.96 bits per heavy atom. The van der Waals surface area contributed by atoms with Crippen LogP contribution in [-0.2, 0) is 22.6 Å². The summed E-state index contributed by atoms with van der Waals surface area (Å²) in [6, 6.07) is 15.3. The van der Waals surface area contributed by atoms with Gasteiger partial charge < -0.3 is 19.5 Å². The average Bonchev–Trinajstić information content (AvgIpc) is 3.23. The zero-order valence-corrected chi connectivity index (χ0v) is 16.6. The predicted octanol–water partition coefficient (Wildman–Crippen LogP) is 4.10. The Morgan fingerprint density at radius 1 is 1.18 bits per heavy atom. The number of ether oxygens (including phenoxy) is 3. The molecule has 3 rings (SSSR count). The minimum atomic E-state index is -0.102. The van der Waals surface area contributed by atoms with Gasteiger partial charge in [-0.05, 0) is 62.1 Å². The maximum absolute atomic E-state index is 12.4. The number of carbonyl (C=O) groups excluding carboxylic acids is 1. The summed E-state index contributed by atoms with van der Waals surface area (Å²) in [5.41, 5.74) is 2.77. The highest BCUT2D eigenvalue weighted by atomic mass is 16.5. The zero-order valence-electron chi connectivity index (χ0n) is 16.6. The number of amides is 1. The van der Waals surface area contributed by atoms with E-state index >= 15 is 0 Å². The molecule has 1 N–H and O–H groups in total. The van der Waals surface area contributed by atoms with Gasteiger partial charge in [0.25, 0.3) is 5.91 Å². The Labute approximate surface area is 167 Å². The van der Waals surface area contributed by atoms with Crippen LogP contribution in [0, 0.1) is 0 Å². The van der Waals surface area contributed by atoms with Crippen LogP contribution < -0.4 is 10.1 Å². The van der Waals surface area contributed by atoms with Crippen molar-refractivity contribution in [2.45, 2.75) is 52.0 Å². The lowest BCUT2D eigenvalue weighted by molar-refractivity contribution is 0.0657. The van der Waals surface area contributed by atoms with Gasteiger partial charge in [0.15, 0.2) is 0 Å². The molecular weight excluding hydrogens is 354 g/mol. The molecule has 1 aliphatic heterocycles. The van der Waals surface area contributed by atoms with Crippen LogP contribution in [0.15, 0.2) is 48.5 Å². The van der Waals surface area contributed by atoms with Gasteiger partial charge in [-0.2, -0.15) is 0 Å². The van der Waals surface area contributed by atoms with Gasteiger partial charge in [-0.15, -0.1) is 0 Å². The normalized spacial score (nSPS) is 16.3. The van der Waals surface area contributed by atoms with Gasteiger partial charge in [-0.1, -0.05) is 24.3 Å². The zero-order chi connectivity index (χ0) is 19.8. The van der Waals surface area contributed by atoms with Crippen LogP contribution in [0.1, 0.15) is 48.2 Å². The molecule has 1 saturated heterocycles. The van der Waals surface area contributed by atoms with E-state index in [4.69, 9.17) is 14.2 Å². The molecule has 0 saturated carbocycles. The fraction of sp³-hybridized carbons (Fsp3) is 0.435. The second-order valence-electron chi connectivity index (χ2n) is 7.33. The lowest BCUT2D eigenvalue weighted by Gasteiger charge is -2.12. The van der Waals surface area contributed by atoms with Crippen LogP contribution in [0.4, 0.5) is 0 Å². The van der Waals surface area contributed by atoms with Crippen molar-refractivity contribution in [2.75, 3.05) is 13.2 Å². The monoisotopic (exact) mass is 383 g/mol. The number of rotatable bonds is 9. The smallest absolute Gasteiger partial charge is 0.251 e. The van der Waals surface area contributed by atoms with E-state index in [9.17, 15) is 4.79 Å². The van der Waals surface area contributed by atoms with Gasteiger partial charge in [-0.25, -0.2) is 0 Å². The van der Waals surface area contributed by atoms with Gasteiger partial charge in [0.1, 0.15) is 12.4 Å². The summed E-state index contributed by atoms with van der Waals surface area (Å²) in [6.45, 7) is 6.47. The number of benzene rings is 2. The molecule has 1 fully saturated rings. The quantitative estimate of drug-likeness (QED) is 0.708. The Hall–Kier alpha value is -2.37. The minimum Gasteiger partial charge on any atom is -0.491 e. The first-order valence-corrected chi connectivity index (χ1v) is 9.92. The molecule has 28 heavy (non-hydrogen) atoms. The van der Waals surface area contributed by atoms with E-state index in [-0.39, 0.29) is 18.1 Å². The molecule has 5 nitrogen and oxygen atoms in total. The fourth-order valence-corrected chi connectivity index (χ4v) is 3.04. The summed E-state index contributed by atoms with van der Waals surface area (Å²) in [5.74, 6) is 0.652. The Kier molecular flexibility index (Phi) is 7.46. The summed E-state index contributed by atoms with van der Waals surface area (Å²) in [5, 5.41) is 2.96. The molecule has 0 radical (unpaired) electrons. The molecule has 150 valence electrons. The first kappa shape index (κ1) is 20.4. The van der Waals surface area contributed by atoms with E-state index in [1.165, 1.54) is 0 Å². The minimum absolute atomic E-state index is 0.102. The Bertz CT molecular complexity index is 751. The highest BCUT2D eigenvalue weighted by molar-refractivity contribution is 5.94. The summed E-state index contributed by atoms with van der Waals surface area (Å²) >= 11 is 0. The molecule has 0 aliphatic carbocycles. The van der Waals surface area contributed by atoms with Crippen LogP contribution in [0.5, 0.6) is 5.75 Å². The molecule has 2 aromatic carbocycles. The lowest BCUT2D eigenvalue weighted by atomic mass is 10.1. The third-order valence-corrected chi connectivity index (χ3v) is 4.60. The largest absolute Gasteiger partial charge is 0.491 e. The van der Waals surface area contributed by atoms with E-state index in [1.807, 2.05) is 44.2 Å². The summed E-state index contributed by atoms with van der Waals surface area (Å²) in [6.07, 6.45) is 2.53. The molecular formula is C23H29NO4. The molecule has 1 atom stereocenters. The van der Waals surface area contributed by atoms with Crippen molar-refractivity contribution in [1.29, 1.82) is 0 Å². The van der Waals surface area contributed by atoms with Crippen molar-refractivity contribution >= 4 is 5.91 Å². The van der Waals surface area contributed by atoms with Crippen molar-refractivity contribution in [3.8, 4) is 5.75 Å². The van der Waals surface area contributed by atoms with Gasteiger partial charge in [-0.3, -0.25) is 4.79 Å². The summed E-state index contributed by atoms with van der Waals surface area (Å²) in [4.78, 5) is 12.4. The van der Waals surface area contributed by atoms with Gasteiger partial charge >= 0.3 is 0 Å². The predicted molar refractivity (Wildman–Crippen MR) is 108 cm³/mol. The molecule has 1 unspecified atom stereocenters. The molecule has 2 aromatic rings. The molecule has 1 aliphatic rings. The van der Waals surface area contributed by atoms with Crippen molar-refractivity contribution in [2.24, 2.45) is 0 Å². The van der Waals surface area contributed by atoms with Gasteiger partial charge in [0.2, 0.25) is 0 Å². The van der Waals surface area contributed by atoms with Crippen LogP contribution in [0.25, 0.3) is 0 Å². The van der Waals surface area contributed by atoms with Crippen LogP contribution in [0.2, 0.25) is 0 Å². The fourth-order valence-electron chi connectivity index (χ4n) is 3.04. The van der Waals surface area contributed by atoms with E-state index in [1.54, 1.807) is 12.1 Å². The molecule has 1 amide bonds. The van der Waals surface area contributed by atoms with Crippen molar-refractivity contribution in [3.05, 3.63) is 65.2 Å². The molecule has 1 heterocycles. The number of carbonyl (C=O) groups is 1.